The van der Waals surface area contributed by atoms with E-state index in [1.165, 1.54) is 77.0 Å². The first-order valence-electron chi connectivity index (χ1n) is 31.0. The summed E-state index contributed by atoms with van der Waals surface area (Å²) in [5.41, 5.74) is 0. The van der Waals surface area contributed by atoms with Crippen LogP contribution in [0.15, 0.2) is 158 Å². The SMILES string of the molecule is CC/C=C\C/C=C\C/C=C\C/C=C\C/C=C\C/C=C\CCC(=O)OC(COC(=O)CCCCC/C=C\C/C=C\C/C=C\CC)COC(=O)CCCCCCCCCCCCCCCC/C=C\C/C=C\C/C=C\C/C=C\CC. The molecule has 0 aromatic carbocycles. The molecule has 77 heavy (non-hydrogen) atoms. The van der Waals surface area contributed by atoms with Crippen molar-refractivity contribution in [2.45, 2.75) is 258 Å². The average molecular weight is 1060 g/mol. The molecule has 0 fully saturated rings. The molecule has 0 saturated carbocycles. The fraction of sp³-hybridized carbons (Fsp3) is 0.592. The quantitative estimate of drug-likeness (QED) is 0.0261. The summed E-state index contributed by atoms with van der Waals surface area (Å²) in [5, 5.41) is 0. The molecule has 432 valence electrons. The molecule has 0 spiro atoms. The maximum Gasteiger partial charge on any atom is 0.306 e. The van der Waals surface area contributed by atoms with Crippen molar-refractivity contribution in [3.63, 3.8) is 0 Å². The van der Waals surface area contributed by atoms with E-state index in [1.807, 2.05) is 12.2 Å². The minimum absolute atomic E-state index is 0.124. The van der Waals surface area contributed by atoms with Crippen LogP contribution in [0.5, 0.6) is 0 Å². The Morgan fingerprint density at radius 3 is 0.792 bits per heavy atom. The second-order valence-corrected chi connectivity index (χ2v) is 19.8. The molecule has 6 heteroatoms. The lowest BCUT2D eigenvalue weighted by Gasteiger charge is -2.18. The van der Waals surface area contributed by atoms with Crippen LogP contribution < -0.4 is 0 Å². The van der Waals surface area contributed by atoms with Crippen molar-refractivity contribution < 1.29 is 28.6 Å². The van der Waals surface area contributed by atoms with Crippen LogP contribution in [0, 0.1) is 0 Å². The molecule has 0 radical (unpaired) electrons. The highest BCUT2D eigenvalue weighted by molar-refractivity contribution is 5.71. The summed E-state index contributed by atoms with van der Waals surface area (Å²) in [4.78, 5) is 38.2. The Morgan fingerprint density at radius 2 is 0.494 bits per heavy atom. The molecule has 0 aliphatic heterocycles. The average Bonchev–Trinajstić information content (AvgIpc) is 3.43. The third-order valence-electron chi connectivity index (χ3n) is 12.5. The summed E-state index contributed by atoms with van der Waals surface area (Å²) in [6.07, 6.45) is 92.7. The van der Waals surface area contributed by atoms with Crippen molar-refractivity contribution in [1.82, 2.24) is 0 Å². The van der Waals surface area contributed by atoms with Crippen LogP contribution in [0.3, 0.4) is 0 Å². The van der Waals surface area contributed by atoms with E-state index in [4.69, 9.17) is 14.2 Å². The van der Waals surface area contributed by atoms with E-state index in [0.29, 0.717) is 19.3 Å². The predicted octanol–water partition coefficient (Wildman–Crippen LogP) is 21.3. The molecular weight excluding hydrogens is 949 g/mol. The van der Waals surface area contributed by atoms with E-state index in [0.717, 1.165) is 128 Å². The topological polar surface area (TPSA) is 78.9 Å². The van der Waals surface area contributed by atoms with Crippen LogP contribution in [-0.4, -0.2) is 37.2 Å². The zero-order valence-electron chi connectivity index (χ0n) is 49.4. The summed E-state index contributed by atoms with van der Waals surface area (Å²) in [7, 11) is 0. The Labute approximate surface area is 473 Å². The lowest BCUT2D eigenvalue weighted by atomic mass is 10.0. The van der Waals surface area contributed by atoms with Gasteiger partial charge in [0.25, 0.3) is 0 Å². The number of carbonyl (C=O) groups is 3. The molecule has 0 amide bonds. The third-order valence-corrected chi connectivity index (χ3v) is 12.5. The van der Waals surface area contributed by atoms with Gasteiger partial charge in [-0.25, -0.2) is 0 Å². The summed E-state index contributed by atoms with van der Waals surface area (Å²) in [5.74, 6) is -1.04. The van der Waals surface area contributed by atoms with Crippen molar-refractivity contribution in [3.05, 3.63) is 158 Å². The number of carbonyl (C=O) groups excluding carboxylic acids is 3. The molecule has 0 aliphatic rings. The van der Waals surface area contributed by atoms with Gasteiger partial charge in [0.2, 0.25) is 0 Å². The van der Waals surface area contributed by atoms with E-state index in [2.05, 4.69) is 167 Å². The van der Waals surface area contributed by atoms with Gasteiger partial charge < -0.3 is 14.2 Å². The lowest BCUT2D eigenvalue weighted by Crippen LogP contribution is -2.30. The molecular formula is C71H112O6. The van der Waals surface area contributed by atoms with Crippen molar-refractivity contribution in [2.75, 3.05) is 13.2 Å². The van der Waals surface area contributed by atoms with Gasteiger partial charge in [-0.1, -0.05) is 262 Å². The maximum absolute atomic E-state index is 12.9. The molecule has 6 nitrogen and oxygen atoms in total. The van der Waals surface area contributed by atoms with Gasteiger partial charge in [-0.05, 0) is 128 Å². The highest BCUT2D eigenvalue weighted by atomic mass is 16.6. The second kappa shape index (κ2) is 63.6. The molecule has 1 atom stereocenters. The summed E-state index contributed by atoms with van der Waals surface area (Å²) < 4.78 is 16.8. The molecule has 0 rings (SSSR count). The fourth-order valence-corrected chi connectivity index (χ4v) is 8.00. The maximum atomic E-state index is 12.9. The molecule has 0 heterocycles. The second-order valence-electron chi connectivity index (χ2n) is 19.8. The Morgan fingerprint density at radius 1 is 0.260 bits per heavy atom. The molecule has 0 saturated heterocycles. The molecule has 0 N–H and O–H groups in total. The van der Waals surface area contributed by atoms with Crippen LogP contribution >= 0.6 is 0 Å². The van der Waals surface area contributed by atoms with Gasteiger partial charge in [-0.15, -0.1) is 0 Å². The van der Waals surface area contributed by atoms with Crippen molar-refractivity contribution >= 4 is 17.9 Å². The van der Waals surface area contributed by atoms with Gasteiger partial charge >= 0.3 is 17.9 Å². The van der Waals surface area contributed by atoms with E-state index in [1.54, 1.807) is 0 Å². The summed E-state index contributed by atoms with van der Waals surface area (Å²) >= 11 is 0. The smallest absolute Gasteiger partial charge is 0.306 e. The molecule has 0 aromatic heterocycles. The standard InChI is InChI=1S/C71H112O6/c1-4-7-10-13-16-19-22-25-27-29-31-32-33-34-35-36-37-38-40-41-43-46-49-52-55-58-61-64-70(73)76-67-68(66-75-69(72)63-60-57-54-51-48-45-24-21-18-15-12-9-6-3)77-71(74)65-62-59-56-53-50-47-44-42-39-30-28-26-23-20-17-14-11-8-5-2/h7-12,16-21,25-28,31-32,39,42,45,47-48,50,56,59,68H,4-6,13-15,22-24,29-30,33-38,40-41,43-44,46,49,51-55,57-58,60-67H2,1-3H3/b10-7-,11-8-,12-9-,19-16-,20-17-,21-18-,27-25-,28-26-,32-31-,42-39-,48-45-,50-47-,59-56-. The molecule has 0 aliphatic carbocycles. The number of hydrogen-bond acceptors (Lipinski definition) is 6. The third kappa shape index (κ3) is 61.8. The Balaban J connectivity index is 4.41. The normalized spacial score (nSPS) is 13.2. The van der Waals surface area contributed by atoms with E-state index in [9.17, 15) is 14.4 Å². The number of unbranched alkanes of at least 4 members (excludes halogenated alkanes) is 17. The number of hydrogen-bond donors (Lipinski definition) is 0. The molecule has 0 aromatic rings. The van der Waals surface area contributed by atoms with Crippen molar-refractivity contribution in [2.24, 2.45) is 0 Å². The molecule has 0 bridgehead atoms. The van der Waals surface area contributed by atoms with Gasteiger partial charge in [0, 0.05) is 19.3 Å². The van der Waals surface area contributed by atoms with Gasteiger partial charge in [0.15, 0.2) is 6.10 Å². The molecule has 1 unspecified atom stereocenters. The van der Waals surface area contributed by atoms with Gasteiger partial charge in [0.05, 0.1) is 0 Å². The van der Waals surface area contributed by atoms with E-state index >= 15 is 0 Å². The van der Waals surface area contributed by atoms with Gasteiger partial charge in [0.1, 0.15) is 13.2 Å². The van der Waals surface area contributed by atoms with Crippen LogP contribution in [0.25, 0.3) is 0 Å². The van der Waals surface area contributed by atoms with Crippen LogP contribution in [0.1, 0.15) is 252 Å². The largest absolute Gasteiger partial charge is 0.462 e. The zero-order chi connectivity index (χ0) is 55.7. The minimum atomic E-state index is -0.838. The highest BCUT2D eigenvalue weighted by Gasteiger charge is 2.19. The van der Waals surface area contributed by atoms with Crippen LogP contribution in [0.2, 0.25) is 0 Å². The number of ether oxygens (including phenoxy) is 3. The van der Waals surface area contributed by atoms with Crippen molar-refractivity contribution in [1.29, 1.82) is 0 Å². The number of esters is 3. The fourth-order valence-electron chi connectivity index (χ4n) is 8.00. The summed E-state index contributed by atoms with van der Waals surface area (Å²) in [6.45, 7) is 6.21. The Hall–Kier alpha value is -4.97. The monoisotopic (exact) mass is 1060 g/mol. The lowest BCUT2D eigenvalue weighted by molar-refractivity contribution is -0.166. The van der Waals surface area contributed by atoms with Gasteiger partial charge in [-0.3, -0.25) is 14.4 Å². The van der Waals surface area contributed by atoms with E-state index in [-0.39, 0.29) is 31.6 Å². The van der Waals surface area contributed by atoms with E-state index < -0.39 is 12.1 Å². The first kappa shape index (κ1) is 72.0. The Bertz CT molecular complexity index is 1740. The van der Waals surface area contributed by atoms with Crippen LogP contribution in [-0.2, 0) is 28.6 Å². The van der Waals surface area contributed by atoms with Crippen molar-refractivity contribution in [3.8, 4) is 0 Å². The predicted molar refractivity (Wildman–Crippen MR) is 334 cm³/mol. The summed E-state index contributed by atoms with van der Waals surface area (Å²) in [6, 6.07) is 0. The minimum Gasteiger partial charge on any atom is -0.462 e. The first-order chi connectivity index (χ1) is 38.0. The highest BCUT2D eigenvalue weighted by Crippen LogP contribution is 2.15. The zero-order valence-corrected chi connectivity index (χ0v) is 49.4. The van der Waals surface area contributed by atoms with Crippen LogP contribution in [0.4, 0.5) is 0 Å². The number of allylic oxidation sites excluding steroid dienone is 26. The van der Waals surface area contributed by atoms with Gasteiger partial charge in [-0.2, -0.15) is 0 Å². The number of rotatable bonds is 54. The first-order valence-corrected chi connectivity index (χ1v) is 31.0. The Kier molecular flexibility index (Phi) is 59.5.